The van der Waals surface area contributed by atoms with Gasteiger partial charge >= 0.3 is 5.97 Å². The van der Waals surface area contributed by atoms with Crippen molar-refractivity contribution in [3.05, 3.63) is 0 Å². The lowest BCUT2D eigenvalue weighted by molar-refractivity contribution is -0.158. The van der Waals surface area contributed by atoms with Gasteiger partial charge in [0.2, 0.25) is 0 Å². The molecule has 2 rings (SSSR count). The third-order valence-electron chi connectivity index (χ3n) is 7.40. The largest absolute Gasteiger partial charge is 0.462 e. The van der Waals surface area contributed by atoms with Crippen molar-refractivity contribution in [2.24, 2.45) is 11.8 Å². The highest BCUT2D eigenvalue weighted by Gasteiger charge is 2.30. The van der Waals surface area contributed by atoms with Gasteiger partial charge in [0.05, 0.1) is 12.0 Å². The lowest BCUT2D eigenvalue weighted by Gasteiger charge is -2.31. The zero-order valence-corrected chi connectivity index (χ0v) is 20.2. The Morgan fingerprint density at radius 2 is 1.23 bits per heavy atom. The van der Waals surface area contributed by atoms with Crippen LogP contribution in [0.5, 0.6) is 0 Å². The molecule has 0 spiro atoms. The Hall–Kier alpha value is -0.570. The molecule has 3 heteroatoms. The second-order valence-electron chi connectivity index (χ2n) is 10.0. The average molecular weight is 423 g/mol. The molecule has 2 saturated carbocycles. The number of ether oxygens (including phenoxy) is 2. The first-order valence-electron chi connectivity index (χ1n) is 13.5. The van der Waals surface area contributed by atoms with Crippen LogP contribution < -0.4 is 0 Å². The van der Waals surface area contributed by atoms with Crippen LogP contribution in [0.2, 0.25) is 0 Å². The van der Waals surface area contributed by atoms with E-state index < -0.39 is 0 Å². The summed E-state index contributed by atoms with van der Waals surface area (Å²) < 4.78 is 12.0. The number of carbonyl (C=O) groups excluding carboxylic acids is 1. The molecule has 0 saturated heterocycles. The maximum Gasteiger partial charge on any atom is 0.309 e. The zero-order valence-electron chi connectivity index (χ0n) is 20.2. The summed E-state index contributed by atoms with van der Waals surface area (Å²) >= 11 is 0. The molecule has 2 aliphatic carbocycles. The SMILES string of the molecule is CCCCCCCCC1CCC(OC(=O)C2CCC(OCCCCCC)CC2)CC1. The van der Waals surface area contributed by atoms with Crippen LogP contribution in [-0.2, 0) is 14.3 Å². The fourth-order valence-electron chi connectivity index (χ4n) is 5.26. The van der Waals surface area contributed by atoms with Gasteiger partial charge in [-0.05, 0) is 63.7 Å². The molecule has 0 atom stereocenters. The van der Waals surface area contributed by atoms with Gasteiger partial charge in [-0.15, -0.1) is 0 Å². The normalized spacial score (nSPS) is 27.1. The monoisotopic (exact) mass is 422 g/mol. The van der Waals surface area contributed by atoms with Gasteiger partial charge in [0.25, 0.3) is 0 Å². The molecule has 2 fully saturated rings. The van der Waals surface area contributed by atoms with Crippen molar-refractivity contribution >= 4 is 5.97 Å². The van der Waals surface area contributed by atoms with E-state index in [1.807, 2.05) is 0 Å². The number of rotatable bonds is 15. The quantitative estimate of drug-likeness (QED) is 0.198. The van der Waals surface area contributed by atoms with E-state index in [9.17, 15) is 4.79 Å². The van der Waals surface area contributed by atoms with Crippen molar-refractivity contribution in [2.75, 3.05) is 6.61 Å². The van der Waals surface area contributed by atoms with Gasteiger partial charge in [0.15, 0.2) is 0 Å². The van der Waals surface area contributed by atoms with Crippen LogP contribution in [0, 0.1) is 11.8 Å². The van der Waals surface area contributed by atoms with Crippen molar-refractivity contribution < 1.29 is 14.3 Å². The molecular weight excluding hydrogens is 372 g/mol. The molecule has 0 aliphatic heterocycles. The second kappa shape index (κ2) is 16.1. The van der Waals surface area contributed by atoms with Crippen LogP contribution in [0.25, 0.3) is 0 Å². The zero-order chi connectivity index (χ0) is 21.4. The number of esters is 1. The summed E-state index contributed by atoms with van der Waals surface area (Å²) in [6.07, 6.45) is 23.9. The molecular formula is C27H50O3. The predicted octanol–water partition coefficient (Wildman–Crippen LogP) is 7.99. The Balaban J connectivity index is 1.50. The summed E-state index contributed by atoms with van der Waals surface area (Å²) in [5, 5.41) is 0. The molecule has 0 aromatic carbocycles. The molecule has 0 bridgehead atoms. The first kappa shape index (κ1) is 25.7. The third-order valence-corrected chi connectivity index (χ3v) is 7.40. The van der Waals surface area contributed by atoms with E-state index in [-0.39, 0.29) is 18.0 Å². The van der Waals surface area contributed by atoms with Crippen LogP contribution in [0.4, 0.5) is 0 Å². The summed E-state index contributed by atoms with van der Waals surface area (Å²) in [4.78, 5) is 12.6. The second-order valence-corrected chi connectivity index (χ2v) is 10.0. The van der Waals surface area contributed by atoms with E-state index in [1.165, 1.54) is 83.5 Å². The van der Waals surface area contributed by atoms with Crippen molar-refractivity contribution in [1.29, 1.82) is 0 Å². The summed E-state index contributed by atoms with van der Waals surface area (Å²) in [6.45, 7) is 5.41. The maximum atomic E-state index is 12.6. The minimum atomic E-state index is 0.0794. The average Bonchev–Trinajstić information content (AvgIpc) is 2.77. The molecule has 0 amide bonds. The minimum absolute atomic E-state index is 0.0794. The summed E-state index contributed by atoms with van der Waals surface area (Å²) in [6, 6.07) is 0. The molecule has 0 radical (unpaired) electrons. The highest BCUT2D eigenvalue weighted by atomic mass is 16.5. The Bertz CT molecular complexity index is 420. The van der Waals surface area contributed by atoms with E-state index >= 15 is 0 Å². The van der Waals surface area contributed by atoms with Crippen molar-refractivity contribution in [3.8, 4) is 0 Å². The van der Waals surface area contributed by atoms with E-state index in [1.54, 1.807) is 0 Å². The van der Waals surface area contributed by atoms with Gasteiger partial charge in [0, 0.05) is 6.61 Å². The third kappa shape index (κ3) is 10.6. The Morgan fingerprint density at radius 1 is 0.667 bits per heavy atom. The van der Waals surface area contributed by atoms with Crippen LogP contribution in [-0.4, -0.2) is 24.8 Å². The first-order valence-corrected chi connectivity index (χ1v) is 13.5. The number of unbranched alkanes of at least 4 members (excludes halogenated alkanes) is 8. The highest BCUT2D eigenvalue weighted by Crippen LogP contribution is 2.32. The van der Waals surface area contributed by atoms with Crippen LogP contribution in [0.1, 0.15) is 136 Å². The van der Waals surface area contributed by atoms with E-state index in [0.717, 1.165) is 51.0 Å². The first-order chi connectivity index (χ1) is 14.7. The summed E-state index contributed by atoms with van der Waals surface area (Å²) in [5.41, 5.74) is 0. The standard InChI is InChI=1S/C27H50O3/c1-3-5-7-9-10-11-13-23-14-18-26(19-15-23)30-27(28)24-16-20-25(21-17-24)29-22-12-8-6-4-2/h23-26H,3-22H2,1-2H3. The molecule has 0 aromatic heterocycles. The Labute approximate surface area is 187 Å². The Kier molecular flexibility index (Phi) is 13.8. The van der Waals surface area contributed by atoms with Gasteiger partial charge in [-0.3, -0.25) is 4.79 Å². The maximum absolute atomic E-state index is 12.6. The van der Waals surface area contributed by atoms with Gasteiger partial charge < -0.3 is 9.47 Å². The number of hydrogen-bond acceptors (Lipinski definition) is 3. The van der Waals surface area contributed by atoms with E-state index in [2.05, 4.69) is 13.8 Å². The number of hydrogen-bond donors (Lipinski definition) is 0. The lowest BCUT2D eigenvalue weighted by atomic mass is 9.83. The highest BCUT2D eigenvalue weighted by molar-refractivity contribution is 5.72. The summed E-state index contributed by atoms with van der Waals surface area (Å²) in [7, 11) is 0. The predicted molar refractivity (Wildman–Crippen MR) is 126 cm³/mol. The minimum Gasteiger partial charge on any atom is -0.462 e. The van der Waals surface area contributed by atoms with Gasteiger partial charge in [-0.1, -0.05) is 78.1 Å². The van der Waals surface area contributed by atoms with Crippen molar-refractivity contribution in [3.63, 3.8) is 0 Å². The molecule has 30 heavy (non-hydrogen) atoms. The van der Waals surface area contributed by atoms with E-state index in [4.69, 9.17) is 9.47 Å². The molecule has 0 heterocycles. The summed E-state index contributed by atoms with van der Waals surface area (Å²) in [5.74, 6) is 1.07. The van der Waals surface area contributed by atoms with Gasteiger partial charge in [0.1, 0.15) is 6.10 Å². The van der Waals surface area contributed by atoms with E-state index in [0.29, 0.717) is 6.10 Å². The molecule has 0 N–H and O–H groups in total. The van der Waals surface area contributed by atoms with Crippen LogP contribution in [0.3, 0.4) is 0 Å². The molecule has 176 valence electrons. The molecule has 0 unspecified atom stereocenters. The smallest absolute Gasteiger partial charge is 0.309 e. The molecule has 0 aromatic rings. The van der Waals surface area contributed by atoms with Gasteiger partial charge in [-0.2, -0.15) is 0 Å². The Morgan fingerprint density at radius 3 is 1.90 bits per heavy atom. The van der Waals surface area contributed by atoms with Crippen LogP contribution in [0.15, 0.2) is 0 Å². The van der Waals surface area contributed by atoms with Crippen molar-refractivity contribution in [2.45, 2.75) is 148 Å². The van der Waals surface area contributed by atoms with Crippen molar-refractivity contribution in [1.82, 2.24) is 0 Å². The fourth-order valence-corrected chi connectivity index (χ4v) is 5.26. The van der Waals surface area contributed by atoms with Gasteiger partial charge in [-0.25, -0.2) is 0 Å². The fraction of sp³-hybridized carbons (Fsp3) is 0.963. The number of carbonyl (C=O) groups is 1. The lowest BCUT2D eigenvalue weighted by Crippen LogP contribution is -2.31. The van der Waals surface area contributed by atoms with Crippen LogP contribution >= 0.6 is 0 Å². The molecule has 2 aliphatic rings. The topological polar surface area (TPSA) is 35.5 Å². The molecule has 3 nitrogen and oxygen atoms in total.